The minimum Gasteiger partial charge on any atom is -0.370 e. The molecule has 1 aromatic rings. The van der Waals surface area contributed by atoms with E-state index in [1.54, 1.807) is 6.92 Å². The van der Waals surface area contributed by atoms with Gasteiger partial charge in [-0.05, 0) is 25.1 Å². The van der Waals surface area contributed by atoms with E-state index in [-0.39, 0.29) is 17.0 Å². The molecule has 0 aliphatic heterocycles. The Bertz CT molecular complexity index is 451. The average molecular weight is 259 g/mol. The Morgan fingerprint density at radius 1 is 1.53 bits per heavy atom. The van der Waals surface area contributed by atoms with E-state index in [0.29, 0.717) is 0 Å². The molecule has 1 unspecified atom stereocenters. The molecule has 1 aromatic carbocycles. The number of carbonyl (C=O) groups is 2. The number of halogens is 2. The lowest BCUT2D eigenvalue weighted by molar-refractivity contribution is -0.118. The van der Waals surface area contributed by atoms with Crippen LogP contribution >= 0.6 is 11.6 Å². The topological polar surface area (TPSA) is 72.2 Å². The fraction of sp³-hybridized carbons (Fsp3) is 0.273. The van der Waals surface area contributed by atoms with Crippen LogP contribution in [0.15, 0.2) is 18.2 Å². The summed E-state index contributed by atoms with van der Waals surface area (Å²) in [6.45, 7) is 1.60. The van der Waals surface area contributed by atoms with E-state index in [2.05, 4.69) is 5.32 Å². The van der Waals surface area contributed by atoms with Gasteiger partial charge in [-0.1, -0.05) is 11.6 Å². The quantitative estimate of drug-likeness (QED) is 0.858. The molecule has 4 nitrogen and oxygen atoms in total. The van der Waals surface area contributed by atoms with Gasteiger partial charge in [0.05, 0.1) is 5.56 Å². The number of hydrogen-bond donors (Lipinski definition) is 2. The third kappa shape index (κ3) is 4.03. The number of carbonyl (C=O) groups excluding carboxylic acids is 2. The van der Waals surface area contributed by atoms with Crippen molar-refractivity contribution in [2.75, 3.05) is 0 Å². The molecule has 3 N–H and O–H groups in total. The molecule has 1 atom stereocenters. The van der Waals surface area contributed by atoms with Crippen LogP contribution in [0.25, 0.3) is 0 Å². The number of rotatable bonds is 4. The molecule has 0 aromatic heterocycles. The van der Waals surface area contributed by atoms with Crippen molar-refractivity contribution in [3.8, 4) is 0 Å². The monoisotopic (exact) mass is 258 g/mol. The summed E-state index contributed by atoms with van der Waals surface area (Å²) in [5.74, 6) is -1.83. The molecule has 92 valence electrons. The molecule has 1 rings (SSSR count). The second-order valence-corrected chi connectivity index (χ2v) is 4.11. The van der Waals surface area contributed by atoms with E-state index >= 15 is 0 Å². The highest BCUT2D eigenvalue weighted by Gasteiger charge is 2.15. The van der Waals surface area contributed by atoms with Gasteiger partial charge in [-0.25, -0.2) is 4.39 Å². The van der Waals surface area contributed by atoms with Gasteiger partial charge in [-0.2, -0.15) is 0 Å². The molecule has 2 amide bonds. The maximum atomic E-state index is 13.3. The largest absolute Gasteiger partial charge is 0.370 e. The summed E-state index contributed by atoms with van der Waals surface area (Å²) in [5.41, 5.74) is 4.82. The zero-order chi connectivity index (χ0) is 13.0. The SMILES string of the molecule is CC(CC(N)=O)NC(=O)c1cc(Cl)ccc1F. The molecule has 6 heteroatoms. The van der Waals surface area contributed by atoms with Crippen molar-refractivity contribution < 1.29 is 14.0 Å². The Labute approximate surface area is 103 Å². The fourth-order valence-electron chi connectivity index (χ4n) is 1.33. The zero-order valence-corrected chi connectivity index (χ0v) is 9.92. The van der Waals surface area contributed by atoms with Crippen LogP contribution in [0.1, 0.15) is 23.7 Å². The Morgan fingerprint density at radius 2 is 2.18 bits per heavy atom. The molecular formula is C11H12ClFN2O2. The number of amides is 2. The molecule has 17 heavy (non-hydrogen) atoms. The highest BCUT2D eigenvalue weighted by atomic mass is 35.5. The van der Waals surface area contributed by atoms with Crippen LogP contribution in [0.2, 0.25) is 5.02 Å². The molecule has 0 saturated heterocycles. The molecule has 0 radical (unpaired) electrons. The summed E-state index contributed by atoms with van der Waals surface area (Å²) < 4.78 is 13.3. The first kappa shape index (κ1) is 13.4. The minimum atomic E-state index is -0.668. The van der Waals surface area contributed by atoms with Gasteiger partial charge < -0.3 is 11.1 Å². The van der Waals surface area contributed by atoms with Gasteiger partial charge in [0.2, 0.25) is 5.91 Å². The highest BCUT2D eigenvalue weighted by Crippen LogP contribution is 2.14. The number of benzene rings is 1. The summed E-state index contributed by atoms with van der Waals surface area (Å²) in [7, 11) is 0. The van der Waals surface area contributed by atoms with Gasteiger partial charge in [-0.3, -0.25) is 9.59 Å². The summed E-state index contributed by atoms with van der Waals surface area (Å²) in [6.07, 6.45) is -0.00603. The second kappa shape index (κ2) is 5.63. The fourth-order valence-corrected chi connectivity index (χ4v) is 1.50. The molecule has 0 bridgehead atoms. The van der Waals surface area contributed by atoms with Crippen LogP contribution < -0.4 is 11.1 Å². The molecule has 0 spiro atoms. The van der Waals surface area contributed by atoms with Crippen molar-refractivity contribution in [3.05, 3.63) is 34.6 Å². The predicted octanol–water partition coefficient (Wildman–Crippen LogP) is 1.47. The Morgan fingerprint density at radius 3 is 2.76 bits per heavy atom. The van der Waals surface area contributed by atoms with Crippen molar-refractivity contribution in [3.63, 3.8) is 0 Å². The second-order valence-electron chi connectivity index (χ2n) is 3.67. The standard InChI is InChI=1S/C11H12ClFN2O2/c1-6(4-10(14)16)15-11(17)8-5-7(12)2-3-9(8)13/h2-3,5-6H,4H2,1H3,(H2,14,16)(H,15,17). The van der Waals surface area contributed by atoms with E-state index in [0.717, 1.165) is 6.07 Å². The Kier molecular flexibility index (Phi) is 4.45. The lowest BCUT2D eigenvalue weighted by Gasteiger charge is -2.12. The summed E-state index contributed by atoms with van der Waals surface area (Å²) >= 11 is 5.66. The van der Waals surface area contributed by atoms with Crippen LogP contribution in [-0.4, -0.2) is 17.9 Å². The van der Waals surface area contributed by atoms with Crippen LogP contribution in [-0.2, 0) is 4.79 Å². The average Bonchev–Trinajstić information content (AvgIpc) is 2.20. The smallest absolute Gasteiger partial charge is 0.254 e. The van der Waals surface area contributed by atoms with E-state index in [9.17, 15) is 14.0 Å². The first-order valence-corrected chi connectivity index (χ1v) is 5.32. The zero-order valence-electron chi connectivity index (χ0n) is 9.17. The van der Waals surface area contributed by atoms with Crippen LogP contribution in [0.4, 0.5) is 4.39 Å². The first-order chi connectivity index (χ1) is 7.90. The normalized spacial score (nSPS) is 11.9. The summed E-state index contributed by atoms with van der Waals surface area (Å²) in [6, 6.07) is 3.22. The van der Waals surface area contributed by atoms with Crippen molar-refractivity contribution >= 4 is 23.4 Å². The number of hydrogen-bond acceptors (Lipinski definition) is 2. The minimum absolute atomic E-state index is 0.00603. The van der Waals surface area contributed by atoms with Crippen LogP contribution in [0.5, 0.6) is 0 Å². The summed E-state index contributed by atoms with van der Waals surface area (Å²) in [4.78, 5) is 22.3. The van der Waals surface area contributed by atoms with E-state index in [1.165, 1.54) is 12.1 Å². The molecule has 0 fully saturated rings. The van der Waals surface area contributed by atoms with Crippen LogP contribution in [0, 0.1) is 5.82 Å². The van der Waals surface area contributed by atoms with Gasteiger partial charge in [0.1, 0.15) is 5.82 Å². The van der Waals surface area contributed by atoms with E-state index < -0.39 is 23.7 Å². The van der Waals surface area contributed by atoms with Gasteiger partial charge in [0.15, 0.2) is 0 Å². The molecular weight excluding hydrogens is 247 g/mol. The lowest BCUT2D eigenvalue weighted by Crippen LogP contribution is -2.36. The lowest BCUT2D eigenvalue weighted by atomic mass is 10.1. The van der Waals surface area contributed by atoms with E-state index in [4.69, 9.17) is 17.3 Å². The third-order valence-electron chi connectivity index (χ3n) is 2.06. The van der Waals surface area contributed by atoms with Gasteiger partial charge in [0.25, 0.3) is 5.91 Å². The maximum absolute atomic E-state index is 13.3. The number of primary amides is 1. The van der Waals surface area contributed by atoms with Gasteiger partial charge in [0, 0.05) is 17.5 Å². The van der Waals surface area contributed by atoms with E-state index in [1.807, 2.05) is 0 Å². The molecule has 0 saturated carbocycles. The summed E-state index contributed by atoms with van der Waals surface area (Å²) in [5, 5.41) is 2.72. The Balaban J connectivity index is 2.76. The van der Waals surface area contributed by atoms with Gasteiger partial charge >= 0.3 is 0 Å². The molecule has 0 aliphatic carbocycles. The van der Waals surface area contributed by atoms with Gasteiger partial charge in [-0.15, -0.1) is 0 Å². The highest BCUT2D eigenvalue weighted by molar-refractivity contribution is 6.31. The van der Waals surface area contributed by atoms with Crippen molar-refractivity contribution in [2.24, 2.45) is 5.73 Å². The third-order valence-corrected chi connectivity index (χ3v) is 2.29. The maximum Gasteiger partial charge on any atom is 0.254 e. The first-order valence-electron chi connectivity index (χ1n) is 4.94. The number of nitrogens with one attached hydrogen (secondary N) is 1. The molecule has 0 aliphatic rings. The predicted molar refractivity (Wildman–Crippen MR) is 62.1 cm³/mol. The Hall–Kier alpha value is -1.62. The van der Waals surface area contributed by atoms with Crippen LogP contribution in [0.3, 0.4) is 0 Å². The van der Waals surface area contributed by atoms with Crippen molar-refractivity contribution in [1.82, 2.24) is 5.32 Å². The number of nitrogens with two attached hydrogens (primary N) is 1. The molecule has 0 heterocycles. The van der Waals surface area contributed by atoms with Crippen molar-refractivity contribution in [2.45, 2.75) is 19.4 Å². The van der Waals surface area contributed by atoms with Crippen molar-refractivity contribution in [1.29, 1.82) is 0 Å².